The van der Waals surface area contributed by atoms with E-state index in [1.54, 1.807) is 0 Å². The lowest BCUT2D eigenvalue weighted by Gasteiger charge is -2.25. The van der Waals surface area contributed by atoms with Crippen molar-refractivity contribution in [3.8, 4) is 6.07 Å². The summed E-state index contributed by atoms with van der Waals surface area (Å²) in [5, 5.41) is 21.0. The molecule has 5 aliphatic rings. The van der Waals surface area contributed by atoms with Gasteiger partial charge in [0.2, 0.25) is 0 Å². The van der Waals surface area contributed by atoms with Crippen molar-refractivity contribution in [2.24, 2.45) is 5.92 Å². The van der Waals surface area contributed by atoms with E-state index in [0.717, 1.165) is 6.42 Å². The molecule has 1 aromatic rings. The Bertz CT molecular complexity index is 815. The van der Waals surface area contributed by atoms with Crippen LogP contribution in [0, 0.1) is 17.2 Å². The molecule has 0 aromatic carbocycles. The molecule has 4 heterocycles. The van der Waals surface area contributed by atoms with Crippen LogP contribution < -0.4 is 10.6 Å². The van der Waals surface area contributed by atoms with Gasteiger partial charge in [0.25, 0.3) is 0 Å². The Labute approximate surface area is 148 Å². The van der Waals surface area contributed by atoms with Gasteiger partial charge in [-0.25, -0.2) is 0 Å². The molecule has 0 spiro atoms. The molecular weight excluding hydrogens is 310 g/mol. The summed E-state index contributed by atoms with van der Waals surface area (Å²) in [5.74, 6) is 0.592. The minimum Gasteiger partial charge on any atom is -0.372 e. The van der Waals surface area contributed by atoms with E-state index in [-0.39, 0.29) is 12.2 Å². The molecule has 3 aliphatic heterocycles. The molecule has 0 amide bonds. The number of rotatable bonds is 4. The second-order valence-electron chi connectivity index (χ2n) is 7.62. The molecule has 2 bridgehead atoms. The van der Waals surface area contributed by atoms with Crippen molar-refractivity contribution in [3.63, 3.8) is 0 Å². The fraction of sp³-hybridized carbons (Fsp3) is 0.500. The molecule has 0 radical (unpaired) electrons. The van der Waals surface area contributed by atoms with E-state index < -0.39 is 0 Å². The predicted octanol–water partition coefficient (Wildman–Crippen LogP) is 3.03. The van der Waals surface area contributed by atoms with Gasteiger partial charge in [0.15, 0.2) is 0 Å². The van der Waals surface area contributed by atoms with Gasteiger partial charge in [-0.2, -0.15) is 10.4 Å². The van der Waals surface area contributed by atoms with E-state index in [1.165, 1.54) is 48.0 Å². The summed E-state index contributed by atoms with van der Waals surface area (Å²) in [4.78, 5) is 0. The summed E-state index contributed by atoms with van der Waals surface area (Å²) in [6.45, 7) is 0. The molecule has 128 valence electrons. The highest BCUT2D eigenvalue weighted by Crippen LogP contribution is 2.41. The minimum absolute atomic E-state index is 0.198. The average molecular weight is 333 g/mol. The number of nitrogens with zero attached hydrogens (tertiary/aromatic N) is 3. The van der Waals surface area contributed by atoms with Crippen molar-refractivity contribution in [3.05, 3.63) is 47.5 Å². The predicted molar refractivity (Wildman–Crippen MR) is 96.1 cm³/mol. The van der Waals surface area contributed by atoms with Gasteiger partial charge < -0.3 is 5.32 Å². The van der Waals surface area contributed by atoms with Crippen molar-refractivity contribution in [2.45, 2.75) is 56.8 Å². The van der Waals surface area contributed by atoms with E-state index in [0.29, 0.717) is 18.4 Å². The quantitative estimate of drug-likeness (QED) is 0.889. The molecule has 5 nitrogen and oxygen atoms in total. The Balaban J connectivity index is 1.51. The van der Waals surface area contributed by atoms with E-state index in [2.05, 4.69) is 39.7 Å². The van der Waals surface area contributed by atoms with Crippen LogP contribution in [0.25, 0.3) is 5.57 Å². The van der Waals surface area contributed by atoms with Gasteiger partial charge in [-0.15, -0.1) is 0 Å². The average Bonchev–Trinajstić information content (AvgIpc) is 3.32. The Morgan fingerprint density at radius 2 is 2.20 bits per heavy atom. The molecular formula is C20H23N5. The van der Waals surface area contributed by atoms with Crippen LogP contribution in [-0.2, 0) is 0 Å². The van der Waals surface area contributed by atoms with Crippen molar-refractivity contribution in [1.29, 1.82) is 5.26 Å². The zero-order valence-electron chi connectivity index (χ0n) is 14.3. The van der Waals surface area contributed by atoms with Crippen LogP contribution in [0.1, 0.15) is 50.1 Å². The van der Waals surface area contributed by atoms with Gasteiger partial charge in [0, 0.05) is 17.8 Å². The molecule has 6 rings (SSSR count). The summed E-state index contributed by atoms with van der Waals surface area (Å²) in [6, 6.07) is 3.07. The van der Waals surface area contributed by atoms with Crippen molar-refractivity contribution >= 4 is 5.57 Å². The summed E-state index contributed by atoms with van der Waals surface area (Å²) >= 11 is 0. The van der Waals surface area contributed by atoms with Gasteiger partial charge in [0.1, 0.15) is 6.17 Å². The van der Waals surface area contributed by atoms with Crippen LogP contribution >= 0.6 is 0 Å². The largest absolute Gasteiger partial charge is 0.372 e. The van der Waals surface area contributed by atoms with Crippen LogP contribution in [-0.4, -0.2) is 22.0 Å². The molecule has 2 unspecified atom stereocenters. The number of nitriles is 1. The summed E-state index contributed by atoms with van der Waals surface area (Å²) < 4.78 is 2.07. The van der Waals surface area contributed by atoms with Gasteiger partial charge in [-0.3, -0.25) is 10.00 Å². The van der Waals surface area contributed by atoms with Gasteiger partial charge in [-0.1, -0.05) is 18.9 Å². The summed E-state index contributed by atoms with van der Waals surface area (Å²) in [6.07, 6.45) is 17.5. The zero-order chi connectivity index (χ0) is 16.8. The Morgan fingerprint density at radius 1 is 1.36 bits per heavy atom. The second-order valence-corrected chi connectivity index (χ2v) is 7.62. The first-order chi connectivity index (χ1) is 12.3. The normalized spacial score (nSPS) is 28.7. The maximum absolute atomic E-state index is 9.29. The first-order valence-corrected chi connectivity index (χ1v) is 9.39. The first kappa shape index (κ1) is 15.0. The lowest BCUT2D eigenvalue weighted by molar-refractivity contribution is 0.314. The third-order valence-electron chi connectivity index (χ3n) is 6.14. The number of allylic oxidation sites excluding steroid dienone is 1. The SMILES string of the molecule is N#CC[C@H](C1CCCC1)n1cc(C2=C3C=CNC3NC3C=C2C3)cn1. The maximum Gasteiger partial charge on any atom is 0.104 e. The summed E-state index contributed by atoms with van der Waals surface area (Å²) in [7, 11) is 0. The number of hydrogen-bond donors (Lipinski definition) is 2. The lowest BCUT2D eigenvalue weighted by atomic mass is 9.84. The van der Waals surface area contributed by atoms with E-state index in [9.17, 15) is 5.26 Å². The lowest BCUT2D eigenvalue weighted by Crippen LogP contribution is -2.44. The maximum atomic E-state index is 9.29. The molecule has 1 fully saturated rings. The van der Waals surface area contributed by atoms with E-state index in [4.69, 9.17) is 5.10 Å². The van der Waals surface area contributed by atoms with Crippen LogP contribution in [0.4, 0.5) is 0 Å². The third kappa shape index (κ3) is 2.44. The monoisotopic (exact) mass is 333 g/mol. The number of aromatic nitrogens is 2. The molecule has 0 saturated heterocycles. The molecule has 1 saturated carbocycles. The fourth-order valence-corrected chi connectivity index (χ4v) is 4.84. The topological polar surface area (TPSA) is 65.7 Å². The Morgan fingerprint density at radius 3 is 3.00 bits per heavy atom. The van der Waals surface area contributed by atoms with Crippen LogP contribution in [0.5, 0.6) is 0 Å². The molecule has 25 heavy (non-hydrogen) atoms. The minimum atomic E-state index is 0.198. The third-order valence-corrected chi connectivity index (χ3v) is 6.14. The fourth-order valence-electron chi connectivity index (χ4n) is 4.84. The van der Waals surface area contributed by atoms with Crippen LogP contribution in [0.15, 0.2) is 41.9 Å². The summed E-state index contributed by atoms with van der Waals surface area (Å²) in [5.41, 5.74) is 5.23. The van der Waals surface area contributed by atoms with E-state index in [1.807, 2.05) is 12.4 Å². The van der Waals surface area contributed by atoms with Crippen molar-refractivity contribution < 1.29 is 0 Å². The van der Waals surface area contributed by atoms with Gasteiger partial charge in [-0.05, 0) is 54.2 Å². The number of nitrogens with one attached hydrogen (secondary N) is 2. The molecule has 2 N–H and O–H groups in total. The highest BCUT2D eigenvalue weighted by molar-refractivity contribution is 5.86. The second kappa shape index (κ2) is 5.89. The Kier molecular flexibility index (Phi) is 3.53. The molecule has 5 heteroatoms. The van der Waals surface area contributed by atoms with Crippen LogP contribution in [0.3, 0.4) is 0 Å². The van der Waals surface area contributed by atoms with Crippen molar-refractivity contribution in [1.82, 2.24) is 20.4 Å². The van der Waals surface area contributed by atoms with Gasteiger partial charge >= 0.3 is 0 Å². The van der Waals surface area contributed by atoms with Gasteiger partial charge in [0.05, 0.1) is 24.7 Å². The Hall–Kier alpha value is -2.32. The van der Waals surface area contributed by atoms with Crippen LogP contribution in [0.2, 0.25) is 0 Å². The first-order valence-electron chi connectivity index (χ1n) is 9.39. The number of hydrogen-bond acceptors (Lipinski definition) is 4. The smallest absolute Gasteiger partial charge is 0.104 e. The molecule has 1 aromatic heterocycles. The standard InChI is InChI=1S/C20H23N5/c21-7-5-18(13-3-1-2-4-13)25-12-15(11-23-25)19-14-9-16(10-14)24-20-17(19)6-8-22-20/h6,8-9,11-13,16,18,20,22,24H,1-5,10H2/t16?,18-,20?/m1/s1. The van der Waals surface area contributed by atoms with Crippen molar-refractivity contribution in [2.75, 3.05) is 0 Å². The zero-order valence-corrected chi connectivity index (χ0v) is 14.3. The molecule has 2 aliphatic carbocycles. The highest BCUT2D eigenvalue weighted by atomic mass is 15.3. The highest BCUT2D eigenvalue weighted by Gasteiger charge is 2.35. The molecule has 3 atom stereocenters. The van der Waals surface area contributed by atoms with E-state index >= 15 is 0 Å².